The second-order valence-electron chi connectivity index (χ2n) is 5.93. The molecule has 1 atom stereocenters. The molecule has 1 fully saturated rings. The third kappa shape index (κ3) is 4.59. The van der Waals surface area contributed by atoms with Crippen LogP contribution in [0.2, 0.25) is 0 Å². The van der Waals surface area contributed by atoms with Gasteiger partial charge in [0.1, 0.15) is 5.82 Å². The van der Waals surface area contributed by atoms with Crippen LogP contribution in [0.5, 0.6) is 0 Å². The number of anilines is 1. The monoisotopic (exact) mass is 362 g/mol. The number of nitrogens with zero attached hydrogens (tertiary/aromatic N) is 3. The number of aromatic nitrogens is 2. The quantitative estimate of drug-likeness (QED) is 0.850. The Balaban J connectivity index is 1.53. The molecule has 5 nitrogen and oxygen atoms in total. The SMILES string of the molecule is O=C(C=Cc1ccccn1)N[C@@H]1CCN(c2ccc(C(F)(F)F)cn2)C1. The molecule has 0 radical (unpaired) electrons. The van der Waals surface area contributed by atoms with Crippen LogP contribution in [0.25, 0.3) is 6.08 Å². The van der Waals surface area contributed by atoms with E-state index < -0.39 is 11.7 Å². The number of alkyl halides is 3. The zero-order valence-electron chi connectivity index (χ0n) is 13.8. The molecular weight excluding hydrogens is 345 g/mol. The molecule has 1 aliphatic heterocycles. The summed E-state index contributed by atoms with van der Waals surface area (Å²) in [5.41, 5.74) is -0.0883. The van der Waals surface area contributed by atoms with E-state index in [2.05, 4.69) is 15.3 Å². The van der Waals surface area contributed by atoms with E-state index in [0.29, 0.717) is 31.0 Å². The summed E-state index contributed by atoms with van der Waals surface area (Å²) < 4.78 is 37.8. The number of pyridine rings is 2. The molecule has 1 saturated heterocycles. The van der Waals surface area contributed by atoms with Crippen LogP contribution in [0.15, 0.2) is 48.8 Å². The number of hydrogen-bond donors (Lipinski definition) is 1. The first kappa shape index (κ1) is 17.9. The van der Waals surface area contributed by atoms with Crippen LogP contribution in [0.3, 0.4) is 0 Å². The van der Waals surface area contributed by atoms with Gasteiger partial charge in [-0.05, 0) is 36.8 Å². The van der Waals surface area contributed by atoms with Crippen LogP contribution in [0.1, 0.15) is 17.7 Å². The molecule has 3 rings (SSSR count). The zero-order valence-corrected chi connectivity index (χ0v) is 13.8. The first-order valence-electron chi connectivity index (χ1n) is 8.09. The second kappa shape index (κ2) is 7.55. The van der Waals surface area contributed by atoms with Gasteiger partial charge in [0.2, 0.25) is 5.91 Å². The van der Waals surface area contributed by atoms with Gasteiger partial charge in [-0.3, -0.25) is 9.78 Å². The van der Waals surface area contributed by atoms with Gasteiger partial charge < -0.3 is 10.2 Å². The molecule has 1 amide bonds. The first-order chi connectivity index (χ1) is 12.4. The van der Waals surface area contributed by atoms with E-state index in [1.54, 1.807) is 24.4 Å². The van der Waals surface area contributed by atoms with Crippen molar-refractivity contribution < 1.29 is 18.0 Å². The Morgan fingerprint density at radius 3 is 2.73 bits per heavy atom. The minimum Gasteiger partial charge on any atom is -0.354 e. The number of hydrogen-bond acceptors (Lipinski definition) is 4. The molecule has 2 aromatic heterocycles. The van der Waals surface area contributed by atoms with Gasteiger partial charge in [0.05, 0.1) is 11.3 Å². The maximum Gasteiger partial charge on any atom is 0.417 e. The summed E-state index contributed by atoms with van der Waals surface area (Å²) in [6.07, 6.45) is 1.82. The van der Waals surface area contributed by atoms with E-state index in [0.717, 1.165) is 12.3 Å². The lowest BCUT2D eigenvalue weighted by molar-refractivity contribution is -0.137. The Hall–Kier alpha value is -2.90. The molecule has 2 aromatic rings. The highest BCUT2D eigenvalue weighted by Crippen LogP contribution is 2.29. The van der Waals surface area contributed by atoms with E-state index in [1.807, 2.05) is 11.0 Å². The number of carbonyl (C=O) groups is 1. The number of rotatable bonds is 4. The van der Waals surface area contributed by atoms with Gasteiger partial charge in [0.25, 0.3) is 0 Å². The molecule has 1 aliphatic rings. The normalized spacial score (nSPS) is 17.7. The van der Waals surface area contributed by atoms with Crippen molar-refractivity contribution in [1.82, 2.24) is 15.3 Å². The van der Waals surface area contributed by atoms with Gasteiger partial charge in [0, 0.05) is 37.6 Å². The van der Waals surface area contributed by atoms with Crippen molar-refractivity contribution >= 4 is 17.8 Å². The van der Waals surface area contributed by atoms with Crippen molar-refractivity contribution in [3.05, 3.63) is 60.1 Å². The minimum absolute atomic E-state index is 0.0834. The van der Waals surface area contributed by atoms with Crippen molar-refractivity contribution in [2.45, 2.75) is 18.6 Å². The van der Waals surface area contributed by atoms with Crippen molar-refractivity contribution in [3.8, 4) is 0 Å². The number of carbonyl (C=O) groups excluding carboxylic acids is 1. The molecule has 0 unspecified atom stereocenters. The topological polar surface area (TPSA) is 58.1 Å². The summed E-state index contributed by atoms with van der Waals surface area (Å²) >= 11 is 0. The molecule has 1 N–H and O–H groups in total. The molecule has 0 aromatic carbocycles. The van der Waals surface area contributed by atoms with Gasteiger partial charge in [-0.2, -0.15) is 13.2 Å². The lowest BCUT2D eigenvalue weighted by Crippen LogP contribution is -2.36. The number of halogens is 3. The largest absolute Gasteiger partial charge is 0.417 e. The lowest BCUT2D eigenvalue weighted by Gasteiger charge is -2.18. The fraction of sp³-hybridized carbons (Fsp3) is 0.278. The van der Waals surface area contributed by atoms with Crippen LogP contribution in [0, 0.1) is 0 Å². The number of amides is 1. The maximum atomic E-state index is 12.6. The van der Waals surface area contributed by atoms with Crippen LogP contribution >= 0.6 is 0 Å². The lowest BCUT2D eigenvalue weighted by atomic mass is 10.2. The molecule has 0 bridgehead atoms. The third-order valence-corrected chi connectivity index (χ3v) is 4.03. The molecule has 26 heavy (non-hydrogen) atoms. The van der Waals surface area contributed by atoms with E-state index in [9.17, 15) is 18.0 Å². The molecule has 8 heteroatoms. The fourth-order valence-electron chi connectivity index (χ4n) is 2.71. The summed E-state index contributed by atoms with van der Waals surface area (Å²) in [5.74, 6) is 0.238. The van der Waals surface area contributed by atoms with E-state index in [4.69, 9.17) is 0 Å². The smallest absolute Gasteiger partial charge is 0.354 e. The summed E-state index contributed by atoms with van der Waals surface area (Å²) in [5, 5.41) is 2.88. The van der Waals surface area contributed by atoms with Crippen LogP contribution in [0.4, 0.5) is 19.0 Å². The summed E-state index contributed by atoms with van der Waals surface area (Å²) in [6, 6.07) is 7.70. The molecule has 0 spiro atoms. The Kier molecular flexibility index (Phi) is 5.20. The Labute approximate surface area is 148 Å². The summed E-state index contributed by atoms with van der Waals surface area (Å²) in [4.78, 5) is 21.8. The highest BCUT2D eigenvalue weighted by atomic mass is 19.4. The van der Waals surface area contributed by atoms with Gasteiger partial charge in [-0.1, -0.05) is 6.07 Å². The maximum absolute atomic E-state index is 12.6. The van der Waals surface area contributed by atoms with Crippen molar-refractivity contribution in [2.24, 2.45) is 0 Å². The Morgan fingerprint density at radius 2 is 2.08 bits per heavy atom. The molecule has 3 heterocycles. The predicted molar refractivity (Wildman–Crippen MR) is 91.3 cm³/mol. The highest BCUT2D eigenvalue weighted by Gasteiger charge is 2.31. The predicted octanol–water partition coefficient (Wildman–Crippen LogP) is 2.90. The standard InChI is InChI=1S/C18H17F3N4O/c19-18(20,21)13-4-6-16(23-11-13)25-10-8-15(12-25)24-17(26)7-5-14-3-1-2-9-22-14/h1-7,9,11,15H,8,10,12H2,(H,24,26)/t15-/m1/s1. The summed E-state index contributed by atoms with van der Waals surface area (Å²) in [7, 11) is 0. The second-order valence-corrected chi connectivity index (χ2v) is 5.93. The molecule has 0 aliphatic carbocycles. The number of nitrogens with one attached hydrogen (secondary N) is 1. The average molecular weight is 362 g/mol. The third-order valence-electron chi connectivity index (χ3n) is 4.03. The van der Waals surface area contributed by atoms with Crippen LogP contribution in [-0.4, -0.2) is 35.0 Å². The van der Waals surface area contributed by atoms with Gasteiger partial charge in [-0.25, -0.2) is 4.98 Å². The first-order valence-corrected chi connectivity index (χ1v) is 8.09. The van der Waals surface area contributed by atoms with Gasteiger partial charge in [-0.15, -0.1) is 0 Å². The molecular formula is C18H17F3N4O. The summed E-state index contributed by atoms with van der Waals surface area (Å²) in [6.45, 7) is 1.12. The van der Waals surface area contributed by atoms with E-state index in [-0.39, 0.29) is 11.9 Å². The average Bonchev–Trinajstić information content (AvgIpc) is 3.09. The molecule has 0 saturated carbocycles. The van der Waals surface area contributed by atoms with Gasteiger partial charge >= 0.3 is 6.18 Å². The Morgan fingerprint density at radius 1 is 1.23 bits per heavy atom. The van der Waals surface area contributed by atoms with Crippen molar-refractivity contribution in [3.63, 3.8) is 0 Å². The Bertz CT molecular complexity index is 775. The van der Waals surface area contributed by atoms with Crippen LogP contribution < -0.4 is 10.2 Å². The van der Waals surface area contributed by atoms with Gasteiger partial charge in [0.15, 0.2) is 0 Å². The van der Waals surface area contributed by atoms with E-state index >= 15 is 0 Å². The van der Waals surface area contributed by atoms with E-state index in [1.165, 1.54) is 12.1 Å². The molecule has 136 valence electrons. The highest BCUT2D eigenvalue weighted by molar-refractivity contribution is 5.91. The van der Waals surface area contributed by atoms with Crippen LogP contribution in [-0.2, 0) is 11.0 Å². The fourth-order valence-corrected chi connectivity index (χ4v) is 2.71. The van der Waals surface area contributed by atoms with Crippen molar-refractivity contribution in [2.75, 3.05) is 18.0 Å². The van der Waals surface area contributed by atoms with Crippen molar-refractivity contribution in [1.29, 1.82) is 0 Å². The minimum atomic E-state index is -4.40. The zero-order chi connectivity index (χ0) is 18.6.